The average Bonchev–Trinajstić information content (AvgIpc) is 3.14. The summed E-state index contributed by atoms with van der Waals surface area (Å²) in [5, 5.41) is 3.25. The zero-order valence-electron chi connectivity index (χ0n) is 11.9. The molecular formula is C14H12BrN3O2S2. The van der Waals surface area contributed by atoms with Gasteiger partial charge < -0.3 is 4.42 Å². The predicted molar refractivity (Wildman–Crippen MR) is 93.3 cm³/mol. The van der Waals surface area contributed by atoms with E-state index in [1.54, 1.807) is 23.1 Å². The van der Waals surface area contributed by atoms with E-state index in [-0.39, 0.29) is 5.91 Å². The average molecular weight is 398 g/mol. The number of hydrogen-bond acceptors (Lipinski definition) is 6. The second kappa shape index (κ2) is 6.39. The van der Waals surface area contributed by atoms with Crippen LogP contribution in [0.2, 0.25) is 0 Å². The van der Waals surface area contributed by atoms with Crippen LogP contribution in [0.1, 0.15) is 18.4 Å². The summed E-state index contributed by atoms with van der Waals surface area (Å²) in [6.45, 7) is 4.41. The minimum atomic E-state index is -0.0629. The number of rotatable bonds is 3. The lowest BCUT2D eigenvalue weighted by Crippen LogP contribution is -2.28. The number of likely N-dealkylation sites (N-methyl/N-ethyl adjacent to an activating group) is 1. The van der Waals surface area contributed by atoms with Gasteiger partial charge >= 0.3 is 0 Å². The Kier molecular flexibility index (Phi) is 4.51. The summed E-state index contributed by atoms with van der Waals surface area (Å²) < 4.78 is 6.06. The molecular weight excluding hydrogens is 386 g/mol. The molecule has 5 nitrogen and oxygen atoms in total. The number of carbonyl (C=O) groups excluding carboxylic acids is 1. The summed E-state index contributed by atoms with van der Waals surface area (Å²) in [5.41, 5.74) is 0.929. The number of aryl methyl sites for hydroxylation is 1. The van der Waals surface area contributed by atoms with Crippen molar-refractivity contribution < 1.29 is 9.21 Å². The normalized spacial score (nSPS) is 18.9. The molecule has 114 valence electrons. The van der Waals surface area contributed by atoms with E-state index in [1.807, 2.05) is 19.2 Å². The number of carbonyl (C=O) groups is 1. The van der Waals surface area contributed by atoms with Gasteiger partial charge in [0.2, 0.25) is 5.13 Å². The number of aromatic nitrogens is 1. The smallest absolute Gasteiger partial charge is 0.266 e. The van der Waals surface area contributed by atoms with Crippen LogP contribution in [0.25, 0.3) is 6.08 Å². The van der Waals surface area contributed by atoms with E-state index < -0.39 is 0 Å². The molecule has 3 rings (SSSR count). The maximum atomic E-state index is 12.4. The first-order valence-corrected chi connectivity index (χ1v) is 9.03. The summed E-state index contributed by atoms with van der Waals surface area (Å²) in [6.07, 6.45) is 1.73. The van der Waals surface area contributed by atoms with Crippen LogP contribution in [0.3, 0.4) is 0 Å². The van der Waals surface area contributed by atoms with Crippen molar-refractivity contribution in [3.05, 3.63) is 38.5 Å². The van der Waals surface area contributed by atoms with E-state index >= 15 is 0 Å². The monoisotopic (exact) mass is 397 g/mol. The van der Waals surface area contributed by atoms with Crippen molar-refractivity contribution in [2.45, 2.75) is 13.8 Å². The van der Waals surface area contributed by atoms with Gasteiger partial charge in [-0.2, -0.15) is 4.99 Å². The van der Waals surface area contributed by atoms with Crippen LogP contribution in [-0.2, 0) is 4.79 Å². The van der Waals surface area contributed by atoms with Crippen LogP contribution in [0.5, 0.6) is 0 Å². The fourth-order valence-corrected chi connectivity index (χ4v) is 3.95. The summed E-state index contributed by atoms with van der Waals surface area (Å²) in [6, 6.07) is 3.60. The summed E-state index contributed by atoms with van der Waals surface area (Å²) in [5.74, 6) is 0.567. The van der Waals surface area contributed by atoms with Crippen molar-refractivity contribution in [2.24, 2.45) is 4.99 Å². The minimum absolute atomic E-state index is 0.0629. The van der Waals surface area contributed by atoms with Gasteiger partial charge in [0.15, 0.2) is 9.84 Å². The Bertz CT molecular complexity index is 779. The van der Waals surface area contributed by atoms with E-state index in [0.29, 0.717) is 32.2 Å². The predicted octanol–water partition coefficient (Wildman–Crippen LogP) is 4.43. The van der Waals surface area contributed by atoms with E-state index in [2.05, 4.69) is 25.9 Å². The van der Waals surface area contributed by atoms with Gasteiger partial charge in [-0.15, -0.1) is 11.3 Å². The van der Waals surface area contributed by atoms with E-state index in [9.17, 15) is 4.79 Å². The van der Waals surface area contributed by atoms with Crippen LogP contribution in [0.4, 0.5) is 5.13 Å². The highest BCUT2D eigenvalue weighted by Gasteiger charge is 2.32. The molecule has 0 N–H and O–H groups in total. The van der Waals surface area contributed by atoms with Gasteiger partial charge in [0.1, 0.15) is 5.76 Å². The molecule has 0 unspecified atom stereocenters. The Balaban J connectivity index is 1.91. The van der Waals surface area contributed by atoms with Gasteiger partial charge in [-0.25, -0.2) is 4.98 Å². The van der Waals surface area contributed by atoms with Crippen molar-refractivity contribution in [2.75, 3.05) is 6.54 Å². The fraction of sp³-hybridized carbons (Fsp3) is 0.214. The SMILES string of the molecule is CCN1C(=O)/C(=C\c2ccc(Br)o2)S/C1=N/c1nc(C)cs1. The van der Waals surface area contributed by atoms with Crippen molar-refractivity contribution in [3.63, 3.8) is 0 Å². The number of thioether (sulfide) groups is 1. The number of nitrogens with zero attached hydrogens (tertiary/aromatic N) is 3. The lowest BCUT2D eigenvalue weighted by Gasteiger charge is -2.11. The topological polar surface area (TPSA) is 58.7 Å². The van der Waals surface area contributed by atoms with Gasteiger partial charge in [-0.05, 0) is 53.7 Å². The molecule has 0 aromatic carbocycles. The molecule has 0 atom stereocenters. The number of halogens is 1. The van der Waals surface area contributed by atoms with Crippen molar-refractivity contribution in [1.29, 1.82) is 0 Å². The highest BCUT2D eigenvalue weighted by atomic mass is 79.9. The Labute approximate surface area is 144 Å². The number of hydrogen-bond donors (Lipinski definition) is 0. The summed E-state index contributed by atoms with van der Waals surface area (Å²) in [7, 11) is 0. The number of aliphatic imine (C=N–C) groups is 1. The highest BCUT2D eigenvalue weighted by molar-refractivity contribution is 9.10. The Morgan fingerprint density at radius 1 is 1.50 bits per heavy atom. The third-order valence-corrected chi connectivity index (χ3v) is 5.16. The fourth-order valence-electron chi connectivity index (χ4n) is 1.88. The first-order chi connectivity index (χ1) is 10.6. The summed E-state index contributed by atoms with van der Waals surface area (Å²) >= 11 is 6.06. The van der Waals surface area contributed by atoms with E-state index in [4.69, 9.17) is 4.42 Å². The molecule has 1 fully saturated rings. The molecule has 0 saturated carbocycles. The van der Waals surface area contributed by atoms with Gasteiger partial charge in [0.25, 0.3) is 5.91 Å². The van der Waals surface area contributed by atoms with Crippen LogP contribution < -0.4 is 0 Å². The third kappa shape index (κ3) is 3.18. The Hall–Kier alpha value is -1.38. The quantitative estimate of drug-likeness (QED) is 0.718. The molecule has 1 aliphatic rings. The van der Waals surface area contributed by atoms with Crippen molar-refractivity contribution in [3.8, 4) is 0 Å². The van der Waals surface area contributed by atoms with E-state index in [1.165, 1.54) is 23.1 Å². The standard InChI is InChI=1S/C14H12BrN3O2S2/c1-3-18-12(19)10(6-9-4-5-11(15)20-9)22-14(18)17-13-16-8(2)7-21-13/h4-7H,3H2,1-2H3/b10-6+,17-14+. The lowest BCUT2D eigenvalue weighted by atomic mass is 10.3. The molecule has 0 radical (unpaired) electrons. The Morgan fingerprint density at radius 2 is 2.32 bits per heavy atom. The molecule has 3 heterocycles. The molecule has 1 aliphatic heterocycles. The second-order valence-electron chi connectivity index (χ2n) is 4.47. The van der Waals surface area contributed by atoms with Crippen LogP contribution in [0.15, 0.2) is 36.5 Å². The molecule has 0 aliphatic carbocycles. The molecule has 0 bridgehead atoms. The van der Waals surface area contributed by atoms with Crippen LogP contribution in [0, 0.1) is 6.92 Å². The molecule has 1 saturated heterocycles. The maximum absolute atomic E-state index is 12.4. The molecule has 8 heteroatoms. The number of amidine groups is 1. The minimum Gasteiger partial charge on any atom is -0.450 e. The van der Waals surface area contributed by atoms with Gasteiger partial charge in [-0.3, -0.25) is 9.69 Å². The maximum Gasteiger partial charge on any atom is 0.266 e. The highest BCUT2D eigenvalue weighted by Crippen LogP contribution is 2.34. The Morgan fingerprint density at radius 3 is 2.91 bits per heavy atom. The molecule has 2 aromatic heterocycles. The largest absolute Gasteiger partial charge is 0.450 e. The first kappa shape index (κ1) is 15.5. The molecule has 2 aromatic rings. The zero-order valence-corrected chi connectivity index (χ0v) is 15.1. The molecule has 22 heavy (non-hydrogen) atoms. The van der Waals surface area contributed by atoms with Crippen molar-refractivity contribution in [1.82, 2.24) is 9.88 Å². The summed E-state index contributed by atoms with van der Waals surface area (Å²) in [4.78, 5) is 23.5. The second-order valence-corrected chi connectivity index (χ2v) is 7.10. The third-order valence-electron chi connectivity index (χ3n) is 2.87. The first-order valence-electron chi connectivity index (χ1n) is 6.54. The van der Waals surface area contributed by atoms with Gasteiger partial charge in [0.05, 0.1) is 10.6 Å². The van der Waals surface area contributed by atoms with Crippen LogP contribution >= 0.6 is 39.0 Å². The lowest BCUT2D eigenvalue weighted by molar-refractivity contribution is -0.122. The molecule has 1 amide bonds. The number of thiazole rings is 1. The molecule has 0 spiro atoms. The number of furan rings is 1. The van der Waals surface area contributed by atoms with Crippen molar-refractivity contribution >= 4 is 61.3 Å². The van der Waals surface area contributed by atoms with E-state index in [0.717, 1.165) is 5.69 Å². The van der Waals surface area contributed by atoms with Gasteiger partial charge in [-0.1, -0.05) is 0 Å². The number of amides is 1. The van der Waals surface area contributed by atoms with Crippen LogP contribution in [-0.4, -0.2) is 27.5 Å². The zero-order chi connectivity index (χ0) is 15.7. The van der Waals surface area contributed by atoms with Gasteiger partial charge in [0, 0.05) is 18.0 Å².